The second kappa shape index (κ2) is 5.70. The van der Waals surface area contributed by atoms with Crippen molar-refractivity contribution in [2.24, 2.45) is 11.3 Å². The maximum absolute atomic E-state index is 12.1. The highest BCUT2D eigenvalue weighted by molar-refractivity contribution is 5.69. The Balaban J connectivity index is 1.93. The van der Waals surface area contributed by atoms with Crippen LogP contribution in [-0.2, 0) is 9.47 Å². The Labute approximate surface area is 116 Å². The molecule has 0 spiro atoms. The molecule has 110 valence electrons. The zero-order valence-electron chi connectivity index (χ0n) is 12.6. The molecule has 2 aliphatic rings. The quantitative estimate of drug-likeness (QED) is 0.739. The Hall–Kier alpha value is -0.770. The molecule has 4 nitrogen and oxygen atoms in total. The summed E-state index contributed by atoms with van der Waals surface area (Å²) >= 11 is 0. The van der Waals surface area contributed by atoms with Crippen molar-refractivity contribution in [2.75, 3.05) is 20.3 Å². The second-order valence-electron chi connectivity index (χ2n) is 6.93. The molecule has 2 rings (SSSR count). The van der Waals surface area contributed by atoms with E-state index < -0.39 is 0 Å². The van der Waals surface area contributed by atoms with E-state index in [1.807, 2.05) is 4.90 Å². The lowest BCUT2D eigenvalue weighted by molar-refractivity contribution is 0.0254. The summed E-state index contributed by atoms with van der Waals surface area (Å²) in [5, 5.41) is 0. The first-order valence-corrected chi connectivity index (χ1v) is 7.37. The number of ether oxygens (including phenoxy) is 2. The van der Waals surface area contributed by atoms with Crippen LogP contribution in [0.15, 0.2) is 0 Å². The first-order valence-electron chi connectivity index (χ1n) is 7.37. The van der Waals surface area contributed by atoms with Gasteiger partial charge in [0.05, 0.1) is 6.61 Å². The maximum atomic E-state index is 12.1. The average Bonchev–Trinajstić information content (AvgIpc) is 2.58. The third-order valence-electron chi connectivity index (χ3n) is 4.68. The average molecular weight is 269 g/mol. The van der Waals surface area contributed by atoms with E-state index in [-0.39, 0.29) is 6.09 Å². The van der Waals surface area contributed by atoms with Crippen molar-refractivity contribution in [2.45, 2.75) is 58.5 Å². The fourth-order valence-corrected chi connectivity index (χ4v) is 3.47. The zero-order chi connectivity index (χ0) is 14.0. The van der Waals surface area contributed by atoms with Crippen molar-refractivity contribution in [3.05, 3.63) is 0 Å². The fraction of sp³-hybridized carbons (Fsp3) is 0.933. The van der Waals surface area contributed by atoms with Crippen LogP contribution in [0.1, 0.15) is 46.5 Å². The highest BCUT2D eigenvalue weighted by atomic mass is 16.6. The van der Waals surface area contributed by atoms with Crippen molar-refractivity contribution in [1.82, 2.24) is 4.90 Å². The van der Waals surface area contributed by atoms with Gasteiger partial charge in [-0.25, -0.2) is 4.79 Å². The molecule has 2 unspecified atom stereocenters. The summed E-state index contributed by atoms with van der Waals surface area (Å²) in [6.45, 7) is 7.75. The number of amides is 1. The minimum atomic E-state index is -0.142. The van der Waals surface area contributed by atoms with Crippen LogP contribution in [-0.4, -0.2) is 43.4 Å². The van der Waals surface area contributed by atoms with Crippen molar-refractivity contribution >= 4 is 6.09 Å². The van der Waals surface area contributed by atoms with Gasteiger partial charge < -0.3 is 14.4 Å². The van der Waals surface area contributed by atoms with E-state index in [4.69, 9.17) is 9.47 Å². The van der Waals surface area contributed by atoms with Crippen LogP contribution in [0.25, 0.3) is 0 Å². The lowest BCUT2D eigenvalue weighted by Gasteiger charge is -2.43. The van der Waals surface area contributed by atoms with Crippen LogP contribution in [0, 0.1) is 11.3 Å². The minimum absolute atomic E-state index is 0.142. The number of carbonyl (C=O) groups is 1. The molecule has 0 aromatic heterocycles. The molecule has 0 aromatic carbocycles. The van der Waals surface area contributed by atoms with Gasteiger partial charge in [-0.2, -0.15) is 0 Å². The molecule has 0 radical (unpaired) electrons. The number of hydrogen-bond donors (Lipinski definition) is 0. The first-order chi connectivity index (χ1) is 8.93. The Bertz CT molecular complexity index is 310. The van der Waals surface area contributed by atoms with E-state index in [1.165, 1.54) is 0 Å². The van der Waals surface area contributed by atoms with E-state index in [2.05, 4.69) is 20.8 Å². The van der Waals surface area contributed by atoms with Gasteiger partial charge in [0.1, 0.15) is 6.61 Å². The van der Waals surface area contributed by atoms with E-state index >= 15 is 0 Å². The molecule has 2 fully saturated rings. The van der Waals surface area contributed by atoms with Gasteiger partial charge in [-0.1, -0.05) is 20.8 Å². The van der Waals surface area contributed by atoms with E-state index in [0.717, 1.165) is 25.7 Å². The normalized spacial score (nSPS) is 30.5. The molecule has 0 aromatic rings. The van der Waals surface area contributed by atoms with E-state index in [1.54, 1.807) is 7.11 Å². The van der Waals surface area contributed by atoms with Crippen LogP contribution < -0.4 is 0 Å². The minimum Gasteiger partial charge on any atom is -0.447 e. The SMILES string of the molecule is COCCOC(=O)N1C2CCC1CC(C(C)(C)C)C2. The Morgan fingerprint density at radius 1 is 1.16 bits per heavy atom. The molecular weight excluding hydrogens is 242 g/mol. The van der Waals surface area contributed by atoms with Gasteiger partial charge in [-0.15, -0.1) is 0 Å². The standard InChI is InChI=1S/C15H27NO3/c1-15(2,3)11-9-12-5-6-13(10-11)16(12)14(17)19-8-7-18-4/h11-13H,5-10H2,1-4H3. The number of hydrogen-bond acceptors (Lipinski definition) is 3. The number of methoxy groups -OCH3 is 1. The van der Waals surface area contributed by atoms with Gasteiger partial charge in [-0.05, 0) is 37.0 Å². The van der Waals surface area contributed by atoms with Crippen LogP contribution in [0.5, 0.6) is 0 Å². The number of piperidine rings is 1. The third kappa shape index (κ3) is 3.22. The third-order valence-corrected chi connectivity index (χ3v) is 4.68. The summed E-state index contributed by atoms with van der Waals surface area (Å²) in [5.41, 5.74) is 0.340. The molecule has 19 heavy (non-hydrogen) atoms. The topological polar surface area (TPSA) is 38.8 Å². The molecule has 0 aliphatic carbocycles. The van der Waals surface area contributed by atoms with Gasteiger partial charge >= 0.3 is 6.09 Å². The molecule has 1 amide bonds. The fourth-order valence-electron chi connectivity index (χ4n) is 3.47. The number of nitrogens with zero attached hydrogens (tertiary/aromatic N) is 1. The molecule has 0 saturated carbocycles. The second-order valence-corrected chi connectivity index (χ2v) is 6.93. The summed E-state index contributed by atoms with van der Waals surface area (Å²) < 4.78 is 10.2. The van der Waals surface area contributed by atoms with Gasteiger partial charge in [0.2, 0.25) is 0 Å². The Morgan fingerprint density at radius 2 is 1.74 bits per heavy atom. The molecule has 0 N–H and O–H groups in total. The molecule has 2 bridgehead atoms. The van der Waals surface area contributed by atoms with Crippen LogP contribution >= 0.6 is 0 Å². The van der Waals surface area contributed by atoms with Gasteiger partial charge in [-0.3, -0.25) is 0 Å². The summed E-state index contributed by atoms with van der Waals surface area (Å²) in [7, 11) is 1.62. The molecular formula is C15H27NO3. The molecule has 2 aliphatic heterocycles. The first kappa shape index (κ1) is 14.6. The van der Waals surface area contributed by atoms with Crippen LogP contribution in [0.4, 0.5) is 4.79 Å². The maximum Gasteiger partial charge on any atom is 0.410 e. The van der Waals surface area contributed by atoms with Crippen molar-refractivity contribution in [1.29, 1.82) is 0 Å². The predicted octanol–water partition coefficient (Wildman–Crippen LogP) is 3.06. The van der Waals surface area contributed by atoms with Crippen LogP contribution in [0.3, 0.4) is 0 Å². The summed E-state index contributed by atoms with van der Waals surface area (Å²) in [6, 6.07) is 0.774. The molecule has 4 heteroatoms. The number of carbonyl (C=O) groups excluding carboxylic acids is 1. The molecule has 2 saturated heterocycles. The predicted molar refractivity (Wildman–Crippen MR) is 74.1 cm³/mol. The summed E-state index contributed by atoms with van der Waals surface area (Å²) in [5.74, 6) is 0.716. The summed E-state index contributed by atoms with van der Waals surface area (Å²) in [4.78, 5) is 14.1. The lowest BCUT2D eigenvalue weighted by Crippen LogP contribution is -2.49. The van der Waals surface area contributed by atoms with Crippen molar-refractivity contribution < 1.29 is 14.3 Å². The number of rotatable bonds is 3. The Morgan fingerprint density at radius 3 is 2.21 bits per heavy atom. The van der Waals surface area contributed by atoms with Crippen LogP contribution in [0.2, 0.25) is 0 Å². The van der Waals surface area contributed by atoms with E-state index in [0.29, 0.717) is 36.6 Å². The Kier molecular flexibility index (Phi) is 4.39. The molecule has 2 heterocycles. The molecule has 2 atom stereocenters. The van der Waals surface area contributed by atoms with Crippen molar-refractivity contribution in [3.8, 4) is 0 Å². The zero-order valence-corrected chi connectivity index (χ0v) is 12.6. The summed E-state index contributed by atoms with van der Waals surface area (Å²) in [6.07, 6.45) is 4.38. The van der Waals surface area contributed by atoms with Crippen molar-refractivity contribution in [3.63, 3.8) is 0 Å². The lowest BCUT2D eigenvalue weighted by atomic mass is 9.73. The van der Waals surface area contributed by atoms with Gasteiger partial charge in [0, 0.05) is 19.2 Å². The number of fused-ring (bicyclic) bond motifs is 2. The van der Waals surface area contributed by atoms with Gasteiger partial charge in [0.15, 0.2) is 0 Å². The highest BCUT2D eigenvalue weighted by Gasteiger charge is 2.46. The monoisotopic (exact) mass is 269 g/mol. The smallest absolute Gasteiger partial charge is 0.410 e. The highest BCUT2D eigenvalue weighted by Crippen LogP contribution is 2.45. The van der Waals surface area contributed by atoms with Gasteiger partial charge in [0.25, 0.3) is 0 Å². The van der Waals surface area contributed by atoms with E-state index in [9.17, 15) is 4.79 Å². The largest absolute Gasteiger partial charge is 0.447 e.